The molecule has 0 spiro atoms. The normalized spacial score (nSPS) is 14.5. The first-order valence-electron chi connectivity index (χ1n) is 3.66. The number of nitrogens with one attached hydrogen (secondary N) is 1. The maximum absolute atomic E-state index is 11.0. The Balaban J connectivity index is 4.11. The lowest BCUT2D eigenvalue weighted by molar-refractivity contribution is -0.146. The monoisotopic (exact) mass is 211 g/mol. The van der Waals surface area contributed by atoms with Gasteiger partial charge in [0, 0.05) is 6.54 Å². The van der Waals surface area contributed by atoms with Crippen LogP contribution in [-0.4, -0.2) is 42.5 Å². The predicted molar refractivity (Wildman–Crippen MR) is 45.7 cm³/mol. The summed E-state index contributed by atoms with van der Waals surface area (Å²) in [5, 5.41) is 16.3. The molecule has 0 aromatic rings. The van der Waals surface area contributed by atoms with Crippen molar-refractivity contribution >= 4 is 16.0 Å². The maximum atomic E-state index is 11.0. The Labute approximate surface area is 76.6 Å². The van der Waals surface area contributed by atoms with Crippen LogP contribution in [0.1, 0.15) is 13.8 Å². The molecule has 1 unspecified atom stereocenters. The Morgan fingerprint density at radius 1 is 1.46 bits per heavy atom. The summed E-state index contributed by atoms with van der Waals surface area (Å²) < 4.78 is 24.1. The van der Waals surface area contributed by atoms with Gasteiger partial charge in [0.15, 0.2) is 6.10 Å². The topological polar surface area (TPSA) is 104 Å². The van der Waals surface area contributed by atoms with Crippen molar-refractivity contribution in [1.29, 1.82) is 0 Å². The highest BCUT2D eigenvalue weighted by atomic mass is 32.2. The van der Waals surface area contributed by atoms with E-state index < -0.39 is 33.9 Å². The summed E-state index contributed by atoms with van der Waals surface area (Å²) in [5.74, 6) is -1.45. The lowest BCUT2D eigenvalue weighted by Crippen LogP contribution is -2.39. The Hall–Kier alpha value is -0.660. The molecule has 0 aliphatic rings. The van der Waals surface area contributed by atoms with Gasteiger partial charge in [0.2, 0.25) is 10.0 Å². The molecule has 78 valence electrons. The molecule has 13 heavy (non-hydrogen) atoms. The molecule has 0 saturated carbocycles. The minimum atomic E-state index is -3.50. The summed E-state index contributed by atoms with van der Waals surface area (Å²) in [6.07, 6.45) is -1.70. The van der Waals surface area contributed by atoms with E-state index in [0.29, 0.717) is 0 Å². The van der Waals surface area contributed by atoms with Crippen molar-refractivity contribution in [3.8, 4) is 0 Å². The van der Waals surface area contributed by atoms with Crippen molar-refractivity contribution in [3.63, 3.8) is 0 Å². The summed E-state index contributed by atoms with van der Waals surface area (Å²) in [6, 6.07) is 0. The van der Waals surface area contributed by atoms with Gasteiger partial charge in [-0.05, 0) is 13.8 Å². The predicted octanol–water partition coefficient (Wildman–Crippen LogP) is -1.24. The van der Waals surface area contributed by atoms with Crippen LogP contribution >= 0.6 is 0 Å². The van der Waals surface area contributed by atoms with E-state index in [1.54, 1.807) is 0 Å². The number of hydrogen-bond acceptors (Lipinski definition) is 4. The highest BCUT2D eigenvalue weighted by Gasteiger charge is 2.19. The van der Waals surface area contributed by atoms with Crippen LogP contribution in [0.15, 0.2) is 0 Å². The lowest BCUT2D eigenvalue weighted by atomic mass is 10.4. The van der Waals surface area contributed by atoms with Crippen LogP contribution in [0.4, 0.5) is 0 Å². The second kappa shape index (κ2) is 4.54. The quantitative estimate of drug-likeness (QED) is 0.527. The third kappa shape index (κ3) is 4.20. The molecule has 0 fully saturated rings. The number of aliphatic carboxylic acids is 1. The Kier molecular flexibility index (Phi) is 4.31. The third-order valence-corrected chi connectivity index (χ3v) is 3.19. The molecular formula is C6H13NO5S. The number of rotatable bonds is 5. The number of hydrogen-bond donors (Lipinski definition) is 3. The largest absolute Gasteiger partial charge is 0.479 e. The van der Waals surface area contributed by atoms with Crippen molar-refractivity contribution in [2.45, 2.75) is 25.2 Å². The van der Waals surface area contributed by atoms with Crippen LogP contribution in [-0.2, 0) is 14.8 Å². The fraction of sp³-hybridized carbons (Fsp3) is 0.833. The molecule has 0 aromatic heterocycles. The Morgan fingerprint density at radius 2 is 1.92 bits per heavy atom. The molecular weight excluding hydrogens is 198 g/mol. The molecule has 6 nitrogen and oxygen atoms in total. The van der Waals surface area contributed by atoms with E-state index in [4.69, 9.17) is 10.2 Å². The van der Waals surface area contributed by atoms with Crippen molar-refractivity contribution < 1.29 is 23.4 Å². The molecule has 3 N–H and O–H groups in total. The number of carbonyl (C=O) groups is 1. The summed E-state index contributed by atoms with van der Waals surface area (Å²) in [4.78, 5) is 10.1. The second-order valence-electron chi connectivity index (χ2n) is 2.80. The van der Waals surface area contributed by atoms with Gasteiger partial charge in [0.1, 0.15) is 0 Å². The summed E-state index contributed by atoms with van der Waals surface area (Å²) >= 11 is 0. The zero-order valence-electron chi connectivity index (χ0n) is 7.39. The van der Waals surface area contributed by atoms with E-state index in [9.17, 15) is 13.2 Å². The molecule has 0 aliphatic heterocycles. The minimum Gasteiger partial charge on any atom is -0.479 e. The van der Waals surface area contributed by atoms with Gasteiger partial charge >= 0.3 is 5.97 Å². The first kappa shape index (κ1) is 12.3. The minimum absolute atomic E-state index is 0.504. The third-order valence-electron chi connectivity index (χ3n) is 1.38. The number of aliphatic hydroxyl groups excluding tert-OH is 1. The number of carboxylic acid groups (broad SMARTS) is 1. The van der Waals surface area contributed by atoms with Crippen molar-refractivity contribution in [1.82, 2.24) is 4.72 Å². The van der Waals surface area contributed by atoms with E-state index in [1.807, 2.05) is 4.72 Å². The first-order valence-corrected chi connectivity index (χ1v) is 5.21. The van der Waals surface area contributed by atoms with Crippen LogP contribution in [0.3, 0.4) is 0 Å². The van der Waals surface area contributed by atoms with E-state index in [2.05, 4.69) is 0 Å². The molecule has 0 heterocycles. The van der Waals surface area contributed by atoms with Gasteiger partial charge in [0.05, 0.1) is 5.25 Å². The molecule has 0 saturated heterocycles. The van der Waals surface area contributed by atoms with Crippen LogP contribution in [0.25, 0.3) is 0 Å². The SMILES string of the molecule is CC(C)S(=O)(=O)NCC(O)C(=O)O. The van der Waals surface area contributed by atoms with E-state index in [0.717, 1.165) is 0 Å². The van der Waals surface area contributed by atoms with Crippen LogP contribution < -0.4 is 4.72 Å². The van der Waals surface area contributed by atoms with Crippen molar-refractivity contribution in [2.24, 2.45) is 0 Å². The standard InChI is InChI=1S/C6H13NO5S/c1-4(2)13(11,12)7-3-5(8)6(9)10/h4-5,7-8H,3H2,1-2H3,(H,9,10). The molecule has 0 aliphatic carbocycles. The number of sulfonamides is 1. The van der Waals surface area contributed by atoms with Gasteiger partial charge < -0.3 is 10.2 Å². The summed E-state index contributed by atoms with van der Waals surface area (Å²) in [6.45, 7) is 2.40. The average molecular weight is 211 g/mol. The molecule has 7 heteroatoms. The van der Waals surface area contributed by atoms with Crippen LogP contribution in [0.5, 0.6) is 0 Å². The highest BCUT2D eigenvalue weighted by molar-refractivity contribution is 7.90. The van der Waals surface area contributed by atoms with Gasteiger partial charge in [-0.1, -0.05) is 0 Å². The second-order valence-corrected chi connectivity index (χ2v) is 5.12. The van der Waals surface area contributed by atoms with Gasteiger partial charge in [-0.2, -0.15) is 0 Å². The highest BCUT2D eigenvalue weighted by Crippen LogP contribution is 1.95. The maximum Gasteiger partial charge on any atom is 0.333 e. The van der Waals surface area contributed by atoms with E-state index >= 15 is 0 Å². The zero-order valence-corrected chi connectivity index (χ0v) is 8.21. The first-order chi connectivity index (χ1) is 5.77. The van der Waals surface area contributed by atoms with E-state index in [-0.39, 0.29) is 0 Å². The smallest absolute Gasteiger partial charge is 0.333 e. The number of aliphatic hydroxyl groups is 1. The Morgan fingerprint density at radius 3 is 2.23 bits per heavy atom. The van der Waals surface area contributed by atoms with E-state index in [1.165, 1.54) is 13.8 Å². The Bertz CT molecular complexity index is 271. The fourth-order valence-electron chi connectivity index (χ4n) is 0.449. The van der Waals surface area contributed by atoms with Gasteiger partial charge in [-0.3, -0.25) is 0 Å². The molecule has 1 atom stereocenters. The van der Waals surface area contributed by atoms with Crippen LogP contribution in [0.2, 0.25) is 0 Å². The zero-order chi connectivity index (χ0) is 10.6. The summed E-state index contributed by atoms with van der Waals surface area (Å²) in [5.41, 5.74) is 0. The molecule has 0 radical (unpaired) electrons. The molecule has 0 aromatic carbocycles. The van der Waals surface area contributed by atoms with Crippen molar-refractivity contribution in [3.05, 3.63) is 0 Å². The van der Waals surface area contributed by atoms with Crippen LogP contribution in [0, 0.1) is 0 Å². The van der Waals surface area contributed by atoms with Gasteiger partial charge in [-0.25, -0.2) is 17.9 Å². The molecule has 0 rings (SSSR count). The molecule has 0 amide bonds. The average Bonchev–Trinajstić information content (AvgIpc) is 1.99. The summed E-state index contributed by atoms with van der Waals surface area (Å²) in [7, 11) is -3.50. The fourth-order valence-corrected chi connectivity index (χ4v) is 1.17. The van der Waals surface area contributed by atoms with Gasteiger partial charge in [0.25, 0.3) is 0 Å². The van der Waals surface area contributed by atoms with Crippen molar-refractivity contribution in [2.75, 3.05) is 6.54 Å². The van der Waals surface area contributed by atoms with Gasteiger partial charge in [-0.15, -0.1) is 0 Å². The molecule has 0 bridgehead atoms. The number of carboxylic acids is 1. The lowest BCUT2D eigenvalue weighted by Gasteiger charge is -2.10.